The van der Waals surface area contributed by atoms with E-state index in [4.69, 9.17) is 0 Å². The molecule has 3 atom stereocenters. The van der Waals surface area contributed by atoms with E-state index in [2.05, 4.69) is 35.1 Å². The summed E-state index contributed by atoms with van der Waals surface area (Å²) in [6.45, 7) is 4.38. The zero-order valence-electron chi connectivity index (χ0n) is 10.9. The van der Waals surface area contributed by atoms with Gasteiger partial charge in [-0.1, -0.05) is 42.6 Å². The quantitative estimate of drug-likeness (QED) is 0.775. The Kier molecular flexibility index (Phi) is 4.51. The zero-order chi connectivity index (χ0) is 12.4. The van der Waals surface area contributed by atoms with Crippen LogP contribution in [0.1, 0.15) is 46.0 Å². The van der Waals surface area contributed by atoms with Gasteiger partial charge in [0.2, 0.25) is 5.91 Å². The van der Waals surface area contributed by atoms with Gasteiger partial charge in [0.25, 0.3) is 0 Å². The number of hydrogen-bond acceptors (Lipinski definition) is 1. The van der Waals surface area contributed by atoms with Crippen LogP contribution in [0.2, 0.25) is 0 Å². The van der Waals surface area contributed by atoms with Crippen LogP contribution in [0.4, 0.5) is 0 Å². The number of nitrogens with one attached hydrogen (secondary N) is 1. The van der Waals surface area contributed by atoms with E-state index in [1.54, 1.807) is 0 Å². The Morgan fingerprint density at radius 2 is 1.88 bits per heavy atom. The van der Waals surface area contributed by atoms with Crippen LogP contribution in [0.25, 0.3) is 0 Å². The van der Waals surface area contributed by atoms with Gasteiger partial charge < -0.3 is 5.32 Å². The predicted octanol–water partition coefficient (Wildman–Crippen LogP) is 3.35. The molecule has 2 aliphatic carbocycles. The summed E-state index contributed by atoms with van der Waals surface area (Å²) < 4.78 is 0. The van der Waals surface area contributed by atoms with Gasteiger partial charge in [0.05, 0.1) is 0 Å². The van der Waals surface area contributed by atoms with Crippen molar-refractivity contribution in [1.82, 2.24) is 5.32 Å². The minimum atomic E-state index is 0.335. The van der Waals surface area contributed by atoms with E-state index in [0.717, 1.165) is 23.6 Å². The first-order valence-electron chi connectivity index (χ1n) is 7.01. The lowest BCUT2D eigenvalue weighted by molar-refractivity contribution is -0.123. The molecule has 0 aromatic heterocycles. The van der Waals surface area contributed by atoms with E-state index in [-0.39, 0.29) is 0 Å². The van der Waals surface area contributed by atoms with Crippen LogP contribution in [0.15, 0.2) is 0 Å². The van der Waals surface area contributed by atoms with E-state index in [0.29, 0.717) is 23.8 Å². The SMILES string of the molecule is CC(C)C(CCBr)NC(=O)C1C2CCCCC21. The summed E-state index contributed by atoms with van der Waals surface area (Å²) in [6.07, 6.45) is 6.27. The summed E-state index contributed by atoms with van der Waals surface area (Å²) in [5, 5.41) is 4.23. The van der Waals surface area contributed by atoms with Gasteiger partial charge in [0.15, 0.2) is 0 Å². The predicted molar refractivity (Wildman–Crippen MR) is 74.1 cm³/mol. The van der Waals surface area contributed by atoms with Crippen LogP contribution >= 0.6 is 15.9 Å². The first-order valence-corrected chi connectivity index (χ1v) is 8.13. The first kappa shape index (κ1) is 13.4. The number of halogens is 1. The van der Waals surface area contributed by atoms with Gasteiger partial charge in [-0.3, -0.25) is 4.79 Å². The minimum Gasteiger partial charge on any atom is -0.353 e. The number of carbonyl (C=O) groups is 1. The molecule has 0 saturated heterocycles. The summed E-state index contributed by atoms with van der Waals surface area (Å²) >= 11 is 3.47. The van der Waals surface area contributed by atoms with Gasteiger partial charge in [-0.25, -0.2) is 0 Å². The fraction of sp³-hybridized carbons (Fsp3) is 0.929. The standard InChI is InChI=1S/C14H24BrNO/c1-9(2)12(7-8-15)16-14(17)13-10-5-3-4-6-11(10)13/h9-13H,3-8H2,1-2H3,(H,16,17). The van der Waals surface area contributed by atoms with Crippen LogP contribution in [0.3, 0.4) is 0 Å². The number of hydrogen-bond donors (Lipinski definition) is 1. The van der Waals surface area contributed by atoms with E-state index >= 15 is 0 Å². The molecule has 98 valence electrons. The summed E-state index contributed by atoms with van der Waals surface area (Å²) in [5.41, 5.74) is 0. The molecule has 2 fully saturated rings. The number of alkyl halides is 1. The summed E-state index contributed by atoms with van der Waals surface area (Å²) in [6, 6.07) is 0.338. The monoisotopic (exact) mass is 301 g/mol. The maximum Gasteiger partial charge on any atom is 0.223 e. The second-order valence-corrected chi connectivity index (χ2v) is 6.77. The van der Waals surface area contributed by atoms with E-state index < -0.39 is 0 Å². The van der Waals surface area contributed by atoms with Gasteiger partial charge in [0, 0.05) is 17.3 Å². The Hall–Kier alpha value is -0.0500. The van der Waals surface area contributed by atoms with Gasteiger partial charge in [0.1, 0.15) is 0 Å². The Bertz CT molecular complexity index is 267. The molecule has 0 heterocycles. The second kappa shape index (κ2) is 5.73. The molecule has 0 bridgehead atoms. The van der Waals surface area contributed by atoms with Crippen LogP contribution in [0.5, 0.6) is 0 Å². The fourth-order valence-electron chi connectivity index (χ4n) is 3.35. The van der Waals surface area contributed by atoms with Gasteiger partial charge in [-0.05, 0) is 37.0 Å². The topological polar surface area (TPSA) is 29.1 Å². The third-order valence-corrected chi connectivity index (χ3v) is 4.97. The molecule has 0 aliphatic heterocycles. The smallest absolute Gasteiger partial charge is 0.223 e. The average Bonchev–Trinajstić information content (AvgIpc) is 3.02. The Morgan fingerprint density at radius 3 is 2.35 bits per heavy atom. The zero-order valence-corrected chi connectivity index (χ0v) is 12.5. The first-order chi connectivity index (χ1) is 8.15. The van der Waals surface area contributed by atoms with Crippen molar-refractivity contribution in [3.8, 4) is 0 Å². The number of fused-ring (bicyclic) bond motifs is 1. The highest BCUT2D eigenvalue weighted by molar-refractivity contribution is 9.09. The molecule has 2 rings (SSSR count). The highest BCUT2D eigenvalue weighted by Gasteiger charge is 2.54. The van der Waals surface area contributed by atoms with E-state index in [1.165, 1.54) is 25.7 Å². The van der Waals surface area contributed by atoms with Crippen LogP contribution < -0.4 is 5.32 Å². The molecular formula is C14H24BrNO. The number of carbonyl (C=O) groups excluding carboxylic acids is 1. The van der Waals surface area contributed by atoms with Crippen molar-refractivity contribution < 1.29 is 4.79 Å². The molecular weight excluding hydrogens is 278 g/mol. The molecule has 0 aromatic carbocycles. The molecule has 2 saturated carbocycles. The molecule has 2 aliphatic rings. The van der Waals surface area contributed by atoms with E-state index in [1.807, 2.05) is 0 Å². The third-order valence-electron chi connectivity index (χ3n) is 4.51. The maximum atomic E-state index is 12.2. The number of amides is 1. The Labute approximate surface area is 113 Å². The molecule has 3 heteroatoms. The van der Waals surface area contributed by atoms with Crippen LogP contribution in [0, 0.1) is 23.7 Å². The highest BCUT2D eigenvalue weighted by Crippen LogP contribution is 2.55. The molecule has 0 radical (unpaired) electrons. The van der Waals surface area contributed by atoms with E-state index in [9.17, 15) is 4.79 Å². The summed E-state index contributed by atoms with van der Waals surface area (Å²) in [5.74, 6) is 2.66. The second-order valence-electron chi connectivity index (χ2n) is 5.97. The van der Waals surface area contributed by atoms with Crippen molar-refractivity contribution in [1.29, 1.82) is 0 Å². The normalized spacial score (nSPS) is 33.1. The lowest BCUT2D eigenvalue weighted by Crippen LogP contribution is -2.40. The Balaban J connectivity index is 1.84. The third kappa shape index (κ3) is 3.04. The van der Waals surface area contributed by atoms with Gasteiger partial charge >= 0.3 is 0 Å². The number of rotatable bonds is 5. The lowest BCUT2D eigenvalue weighted by Gasteiger charge is -2.21. The fourth-order valence-corrected chi connectivity index (χ4v) is 3.84. The van der Waals surface area contributed by atoms with Crippen molar-refractivity contribution >= 4 is 21.8 Å². The van der Waals surface area contributed by atoms with Crippen molar-refractivity contribution in [3.05, 3.63) is 0 Å². The van der Waals surface area contributed by atoms with Gasteiger partial charge in [-0.2, -0.15) is 0 Å². The summed E-state index contributed by atoms with van der Waals surface area (Å²) in [4.78, 5) is 12.2. The van der Waals surface area contributed by atoms with Crippen molar-refractivity contribution in [2.75, 3.05) is 5.33 Å². The molecule has 1 N–H and O–H groups in total. The molecule has 1 amide bonds. The Morgan fingerprint density at radius 1 is 1.29 bits per heavy atom. The largest absolute Gasteiger partial charge is 0.353 e. The lowest BCUT2D eigenvalue weighted by atomic mass is 10.0. The molecule has 3 unspecified atom stereocenters. The van der Waals surface area contributed by atoms with Gasteiger partial charge in [-0.15, -0.1) is 0 Å². The summed E-state index contributed by atoms with van der Waals surface area (Å²) in [7, 11) is 0. The van der Waals surface area contributed by atoms with Crippen LogP contribution in [-0.2, 0) is 4.79 Å². The van der Waals surface area contributed by atoms with Crippen LogP contribution in [-0.4, -0.2) is 17.3 Å². The van der Waals surface area contributed by atoms with Crippen molar-refractivity contribution in [2.45, 2.75) is 52.0 Å². The molecule has 0 aromatic rings. The molecule has 0 spiro atoms. The van der Waals surface area contributed by atoms with Crippen molar-refractivity contribution in [2.24, 2.45) is 23.7 Å². The minimum absolute atomic E-state index is 0.335. The molecule has 17 heavy (non-hydrogen) atoms. The highest BCUT2D eigenvalue weighted by atomic mass is 79.9. The average molecular weight is 302 g/mol. The maximum absolute atomic E-state index is 12.2. The van der Waals surface area contributed by atoms with Crippen molar-refractivity contribution in [3.63, 3.8) is 0 Å². The molecule has 2 nitrogen and oxygen atoms in total.